The molecule has 2 aromatic rings. The van der Waals surface area contributed by atoms with E-state index < -0.39 is 37.3 Å². The highest BCUT2D eigenvalue weighted by Gasteiger charge is 2.45. The molecule has 0 spiro atoms. The lowest BCUT2D eigenvalue weighted by Crippen LogP contribution is -2.56. The summed E-state index contributed by atoms with van der Waals surface area (Å²) in [6.45, 7) is -0.658. The number of ether oxygens (including phenoxy) is 2. The van der Waals surface area contributed by atoms with Gasteiger partial charge in [0.2, 0.25) is 0 Å². The molecule has 5 atom stereocenters. The minimum absolute atomic E-state index is 0.0668. The standard InChI is InChI=1S/C20H20N4O6S/c1-29-10-4-2-9(3-5-10)14-11(6-21)18(23)24(20(31)12(14)7-22)19-17(28)16(27)15(26)13(8-25)30-19/h2-5,13,15-17,19,25-28H,8,23H2,1H3/t13-,15+,16+,17-,19+/m0/s1. The first-order chi connectivity index (χ1) is 14.8. The van der Waals surface area contributed by atoms with Gasteiger partial charge in [-0.05, 0) is 17.7 Å². The van der Waals surface area contributed by atoms with E-state index in [1.807, 2.05) is 12.1 Å². The topological polar surface area (TPSA) is 178 Å². The molecule has 162 valence electrons. The van der Waals surface area contributed by atoms with E-state index in [0.29, 0.717) is 11.3 Å². The summed E-state index contributed by atoms with van der Waals surface area (Å²) in [4.78, 5) is 0. The van der Waals surface area contributed by atoms with E-state index >= 15 is 0 Å². The third-order valence-electron chi connectivity index (χ3n) is 5.17. The van der Waals surface area contributed by atoms with Crippen molar-refractivity contribution >= 4 is 18.0 Å². The summed E-state index contributed by atoms with van der Waals surface area (Å²) < 4.78 is 11.6. The second-order valence-corrected chi connectivity index (χ2v) is 7.24. The molecule has 10 nitrogen and oxygen atoms in total. The Morgan fingerprint density at radius 2 is 1.71 bits per heavy atom. The van der Waals surface area contributed by atoms with Crippen LogP contribution in [0.1, 0.15) is 17.4 Å². The molecule has 3 rings (SSSR count). The quantitative estimate of drug-likeness (QED) is 0.409. The van der Waals surface area contributed by atoms with Crippen molar-refractivity contribution in [1.82, 2.24) is 4.57 Å². The molecular formula is C20H20N4O6S. The van der Waals surface area contributed by atoms with Crippen LogP contribution in [-0.2, 0) is 4.74 Å². The van der Waals surface area contributed by atoms with Crippen molar-refractivity contribution < 1.29 is 29.9 Å². The van der Waals surface area contributed by atoms with E-state index in [-0.39, 0.29) is 27.1 Å². The van der Waals surface area contributed by atoms with Crippen molar-refractivity contribution in [3.63, 3.8) is 0 Å². The third kappa shape index (κ3) is 3.75. The molecule has 1 aliphatic rings. The fraction of sp³-hybridized carbons (Fsp3) is 0.350. The number of anilines is 1. The predicted octanol–water partition coefficient (Wildman–Crippen LogP) is 0.191. The number of nitrogen functional groups attached to an aromatic ring is 1. The molecule has 1 aromatic carbocycles. The van der Waals surface area contributed by atoms with E-state index in [4.69, 9.17) is 27.4 Å². The van der Waals surface area contributed by atoms with Crippen LogP contribution >= 0.6 is 12.2 Å². The van der Waals surface area contributed by atoms with Crippen LogP contribution in [-0.4, -0.2) is 63.1 Å². The molecule has 31 heavy (non-hydrogen) atoms. The van der Waals surface area contributed by atoms with Crippen molar-refractivity contribution in [3.8, 4) is 29.0 Å². The minimum Gasteiger partial charge on any atom is -0.497 e. The van der Waals surface area contributed by atoms with Gasteiger partial charge in [-0.15, -0.1) is 0 Å². The van der Waals surface area contributed by atoms with E-state index in [1.54, 1.807) is 24.3 Å². The zero-order valence-electron chi connectivity index (χ0n) is 16.3. The Morgan fingerprint density at radius 3 is 2.23 bits per heavy atom. The van der Waals surface area contributed by atoms with E-state index in [0.717, 1.165) is 4.57 Å². The summed E-state index contributed by atoms with van der Waals surface area (Å²) in [6.07, 6.45) is -7.64. The number of aliphatic hydroxyl groups is 4. The van der Waals surface area contributed by atoms with Gasteiger partial charge < -0.3 is 35.6 Å². The molecule has 2 heterocycles. The molecule has 0 aliphatic carbocycles. The third-order valence-corrected chi connectivity index (χ3v) is 5.57. The fourth-order valence-corrected chi connectivity index (χ4v) is 3.87. The Hall–Kier alpha value is -3.03. The summed E-state index contributed by atoms with van der Waals surface area (Å²) in [5.74, 6) is 0.362. The maximum Gasteiger partial charge on any atom is 0.165 e. The second kappa shape index (κ2) is 8.99. The van der Waals surface area contributed by atoms with Gasteiger partial charge in [-0.25, -0.2) is 0 Å². The summed E-state index contributed by atoms with van der Waals surface area (Å²) in [6, 6.07) is 10.5. The van der Waals surface area contributed by atoms with Gasteiger partial charge in [-0.1, -0.05) is 24.4 Å². The average Bonchev–Trinajstić information content (AvgIpc) is 2.78. The molecule has 0 saturated carbocycles. The summed E-state index contributed by atoms with van der Waals surface area (Å²) in [5.41, 5.74) is 6.76. The number of benzene rings is 1. The highest BCUT2D eigenvalue weighted by Crippen LogP contribution is 2.37. The van der Waals surface area contributed by atoms with Crippen LogP contribution in [0.2, 0.25) is 0 Å². The maximum atomic E-state index is 10.5. The van der Waals surface area contributed by atoms with Gasteiger partial charge in [0.1, 0.15) is 58.3 Å². The normalized spacial score (nSPS) is 25.5. The molecular weight excluding hydrogens is 424 g/mol. The molecule has 0 amide bonds. The second-order valence-electron chi connectivity index (χ2n) is 6.86. The molecule has 1 fully saturated rings. The Labute approximate surface area is 182 Å². The van der Waals surface area contributed by atoms with Crippen LogP contribution in [0.15, 0.2) is 24.3 Å². The van der Waals surface area contributed by atoms with E-state index in [1.165, 1.54) is 7.11 Å². The Morgan fingerprint density at radius 1 is 1.10 bits per heavy atom. The van der Waals surface area contributed by atoms with Crippen molar-refractivity contribution in [1.29, 1.82) is 10.5 Å². The molecule has 0 radical (unpaired) electrons. The lowest BCUT2D eigenvalue weighted by atomic mass is 9.95. The summed E-state index contributed by atoms with van der Waals surface area (Å²) >= 11 is 5.43. The summed E-state index contributed by atoms with van der Waals surface area (Å²) in [7, 11) is 1.50. The number of hydrogen-bond donors (Lipinski definition) is 5. The Kier molecular flexibility index (Phi) is 6.57. The number of hydrogen-bond acceptors (Lipinski definition) is 10. The van der Waals surface area contributed by atoms with E-state index in [9.17, 15) is 30.9 Å². The Bertz CT molecular complexity index is 1120. The first kappa shape index (κ1) is 22.7. The van der Waals surface area contributed by atoms with Crippen LogP contribution in [0.5, 0.6) is 5.75 Å². The number of aliphatic hydroxyl groups excluding tert-OH is 4. The SMILES string of the molecule is COc1ccc(-c2c(C#N)c(N)n([C@@H]3O[C@@H](CO)[C@@H](O)[C@@H](O)[C@@H]3O)c(=S)c2C#N)cc1. The molecule has 6 N–H and O–H groups in total. The fourth-order valence-electron chi connectivity index (χ4n) is 3.52. The molecule has 1 aromatic heterocycles. The van der Waals surface area contributed by atoms with Crippen molar-refractivity contribution in [2.45, 2.75) is 30.6 Å². The zero-order valence-corrected chi connectivity index (χ0v) is 17.2. The first-order valence-electron chi connectivity index (χ1n) is 9.13. The maximum absolute atomic E-state index is 10.5. The number of nitrogens with zero attached hydrogens (tertiary/aromatic N) is 3. The monoisotopic (exact) mass is 444 g/mol. The van der Waals surface area contributed by atoms with E-state index in [2.05, 4.69) is 0 Å². The average molecular weight is 444 g/mol. The van der Waals surface area contributed by atoms with Crippen LogP contribution in [0.4, 0.5) is 5.82 Å². The van der Waals surface area contributed by atoms with Gasteiger partial charge in [0, 0.05) is 5.56 Å². The van der Waals surface area contributed by atoms with Crippen molar-refractivity contribution in [2.24, 2.45) is 0 Å². The van der Waals surface area contributed by atoms with Crippen LogP contribution in [0.25, 0.3) is 11.1 Å². The first-order valence-corrected chi connectivity index (χ1v) is 9.54. The van der Waals surface area contributed by atoms with Gasteiger partial charge in [0.25, 0.3) is 0 Å². The van der Waals surface area contributed by atoms with Gasteiger partial charge in [-0.3, -0.25) is 4.57 Å². The minimum atomic E-state index is -1.70. The molecule has 1 aliphatic heterocycles. The van der Waals surface area contributed by atoms with Gasteiger partial charge in [0.05, 0.1) is 19.3 Å². The number of methoxy groups -OCH3 is 1. The van der Waals surface area contributed by atoms with Gasteiger partial charge >= 0.3 is 0 Å². The number of nitriles is 2. The van der Waals surface area contributed by atoms with Crippen LogP contribution in [0.3, 0.4) is 0 Å². The van der Waals surface area contributed by atoms with Gasteiger partial charge in [0.15, 0.2) is 6.23 Å². The molecule has 11 heteroatoms. The number of aromatic nitrogens is 1. The highest BCUT2D eigenvalue weighted by molar-refractivity contribution is 7.71. The van der Waals surface area contributed by atoms with Crippen LogP contribution in [0, 0.1) is 27.3 Å². The number of pyridine rings is 1. The molecule has 0 bridgehead atoms. The number of nitrogens with two attached hydrogens (primary N) is 1. The Balaban J connectivity index is 2.26. The number of rotatable bonds is 4. The van der Waals surface area contributed by atoms with Gasteiger partial charge in [-0.2, -0.15) is 10.5 Å². The largest absolute Gasteiger partial charge is 0.497 e. The molecule has 0 unspecified atom stereocenters. The van der Waals surface area contributed by atoms with Crippen LogP contribution < -0.4 is 10.5 Å². The van der Waals surface area contributed by atoms with Crippen molar-refractivity contribution in [2.75, 3.05) is 19.5 Å². The predicted molar refractivity (Wildman–Crippen MR) is 110 cm³/mol. The highest BCUT2D eigenvalue weighted by atomic mass is 32.1. The molecule has 1 saturated heterocycles. The summed E-state index contributed by atoms with van der Waals surface area (Å²) in [5, 5.41) is 59.7. The zero-order chi connectivity index (χ0) is 22.9. The van der Waals surface area contributed by atoms with Crippen molar-refractivity contribution in [3.05, 3.63) is 40.0 Å². The smallest absolute Gasteiger partial charge is 0.165 e. The lowest BCUT2D eigenvalue weighted by Gasteiger charge is -2.41. The lowest BCUT2D eigenvalue weighted by molar-refractivity contribution is -0.251.